The summed E-state index contributed by atoms with van der Waals surface area (Å²) in [4.78, 5) is 71.5. The molecule has 2 aliphatic heterocycles. The number of hydroxylamine groups is 3. The monoisotopic (exact) mass is 1600 g/mol. The lowest BCUT2D eigenvalue weighted by atomic mass is 9.45. The average molecular weight is 1600 g/mol. The molecule has 115 heavy (non-hydrogen) atoms. The van der Waals surface area contributed by atoms with Crippen LogP contribution in [-0.4, -0.2) is 232 Å². The van der Waals surface area contributed by atoms with E-state index >= 15 is 0 Å². The van der Waals surface area contributed by atoms with Crippen LogP contribution in [0.15, 0.2) is 138 Å². The number of fused-ring (bicyclic) bond motifs is 2. The van der Waals surface area contributed by atoms with Crippen LogP contribution in [-0.2, 0) is 48.2 Å². The van der Waals surface area contributed by atoms with Gasteiger partial charge in [-0.05, 0) is 234 Å². The number of nitrogens with two attached hydrogens (primary N) is 3. The van der Waals surface area contributed by atoms with Crippen LogP contribution in [0.25, 0.3) is 11.1 Å². The van der Waals surface area contributed by atoms with Gasteiger partial charge in [-0.3, -0.25) is 24.1 Å². The molecule has 6 aliphatic carbocycles. The molecule has 4 aromatic carbocycles. The third kappa shape index (κ3) is 24.7. The lowest BCUT2D eigenvalue weighted by molar-refractivity contribution is -0.182. The van der Waals surface area contributed by atoms with Crippen LogP contribution in [0, 0.1) is 70.0 Å². The van der Waals surface area contributed by atoms with Crippen LogP contribution in [0.1, 0.15) is 128 Å². The first-order valence-corrected chi connectivity index (χ1v) is 40.9. The average Bonchev–Trinajstić information content (AvgIpc) is 0.947. The first-order valence-electron chi connectivity index (χ1n) is 40.9. The zero-order valence-corrected chi connectivity index (χ0v) is 72.1. The van der Waals surface area contributed by atoms with Crippen molar-refractivity contribution in [2.24, 2.45) is 75.7 Å². The van der Waals surface area contributed by atoms with E-state index in [1.54, 1.807) is 32.1 Å². The number of amides is 3. The van der Waals surface area contributed by atoms with Crippen molar-refractivity contribution in [3.8, 4) is 11.1 Å². The summed E-state index contributed by atoms with van der Waals surface area (Å²) >= 11 is 0. The van der Waals surface area contributed by atoms with E-state index in [0.29, 0.717) is 77.3 Å². The van der Waals surface area contributed by atoms with Gasteiger partial charge in [-0.1, -0.05) is 109 Å². The highest BCUT2D eigenvalue weighted by molar-refractivity contribution is 5.97. The van der Waals surface area contributed by atoms with E-state index in [2.05, 4.69) is 104 Å². The maximum atomic E-state index is 13.9. The van der Waals surface area contributed by atoms with E-state index < -0.39 is 54.3 Å². The molecule has 0 radical (unpaired) electrons. The standard InChI is InChI=1S/C44H64N6O5.C17H30N2O4.C17H23NO3.C11H19N3.CH4O/c1-27(38-16-28(2)44(38,4)5)23-46-43(54)41-40(29(3)52)39(26-51)55-50(41)24-31-13-10-14-32(17-31)33-20-34(22-37(21-33)49(8)9)42(53)47-36(25-48(6)7)19-30-12-11-15-35(45)18-30;1-8-11-5-10(17(11,3)4)6-12(8)18-16(22)15-14(9(2)21)13(7-20)23-19-15;1-11-6-5-7-15(16(11)21-4)12-8-13(17(19)20)10-14(9-12)18(2)3;1-14(2)8-11(13)7-9-4-3-5-10(12)6-9;1-2/h10-15,17-18,20-22,27-29,36,38-41,51-52H,16,19,23-26,45H2,1-9H3,(H,46,54)(H,47,53);8-15,19-21H,5-7H2,1-4H3,(H,18,22);5-6,8,10,12,15H,7,9H2,1-4H3,(H,19,20);3-6,11H,7-8,12-13H2,1-2H3;2H,1H3/t27-,28+,29+,36+,38+,39+,40-,41+;8-,9-,10+,11-,12-,13-,14+,15-;;;/m10.../s1. The number of carboxylic acid groups (broad SMARTS) is 1. The number of anilines is 3. The van der Waals surface area contributed by atoms with Crippen LogP contribution < -0.4 is 43.5 Å². The van der Waals surface area contributed by atoms with Gasteiger partial charge >= 0.3 is 5.97 Å². The number of nitrogens with one attached hydrogen (secondary N) is 4. The number of aliphatic hydroxyl groups is 5. The Morgan fingerprint density at radius 1 is 0.739 bits per heavy atom. The molecule has 25 nitrogen and oxygen atoms in total. The zero-order valence-electron chi connectivity index (χ0n) is 72.1. The Morgan fingerprint density at radius 2 is 1.36 bits per heavy atom. The molecule has 638 valence electrons. The number of nitrogen functional groups attached to an aromatic ring is 2. The first-order chi connectivity index (χ1) is 54.3. The lowest BCUT2D eigenvalue weighted by Gasteiger charge is -2.62. The summed E-state index contributed by atoms with van der Waals surface area (Å²) in [6.45, 7) is 23.1. The summed E-state index contributed by atoms with van der Waals surface area (Å²) in [5.41, 5.74) is 31.4. The quantitative estimate of drug-likeness (QED) is 0.0237. The van der Waals surface area contributed by atoms with Crippen molar-refractivity contribution in [2.75, 3.05) is 120 Å². The van der Waals surface area contributed by atoms with Crippen molar-refractivity contribution < 1.29 is 64.2 Å². The Bertz CT molecular complexity index is 3970. The van der Waals surface area contributed by atoms with Gasteiger partial charge in [0.25, 0.3) is 5.91 Å². The smallest absolute Gasteiger partial charge is 0.335 e. The molecule has 12 rings (SSSR count). The molecule has 2 saturated heterocycles. The largest absolute Gasteiger partial charge is 0.501 e. The van der Waals surface area contributed by atoms with Gasteiger partial charge < -0.3 is 88.1 Å². The van der Waals surface area contributed by atoms with E-state index in [9.17, 15) is 44.7 Å². The number of carbonyl (C=O) groups excluding carboxylic acids is 3. The molecule has 2 heterocycles. The third-order valence-electron chi connectivity index (χ3n) is 25.3. The zero-order chi connectivity index (χ0) is 85.2. The maximum Gasteiger partial charge on any atom is 0.335 e. The fourth-order valence-corrected chi connectivity index (χ4v) is 18.4. The van der Waals surface area contributed by atoms with Crippen molar-refractivity contribution in [3.05, 3.63) is 160 Å². The number of ether oxygens (including phenoxy) is 1. The van der Waals surface area contributed by atoms with Crippen molar-refractivity contribution in [2.45, 2.75) is 175 Å². The summed E-state index contributed by atoms with van der Waals surface area (Å²) in [5, 5.41) is 67.9. The number of carboxylic acids is 1. The molecule has 19 atom stereocenters. The van der Waals surface area contributed by atoms with Gasteiger partial charge in [-0.2, -0.15) is 10.5 Å². The summed E-state index contributed by atoms with van der Waals surface area (Å²) < 4.78 is 5.58. The van der Waals surface area contributed by atoms with Crippen molar-refractivity contribution in [1.82, 2.24) is 41.2 Å². The topological polar surface area (TPSA) is 360 Å². The number of hydrogen-bond donors (Lipinski definition) is 13. The Kier molecular flexibility index (Phi) is 34.9. The number of methoxy groups -OCH3 is 1. The van der Waals surface area contributed by atoms with Crippen molar-refractivity contribution >= 4 is 40.8 Å². The molecule has 8 aliphatic rings. The Labute approximate surface area is 685 Å². The molecule has 0 aromatic heterocycles. The molecule has 25 heteroatoms. The van der Waals surface area contributed by atoms with Crippen molar-refractivity contribution in [3.63, 3.8) is 0 Å². The Morgan fingerprint density at radius 3 is 1.90 bits per heavy atom. The van der Waals surface area contributed by atoms with E-state index in [0.717, 1.165) is 96.4 Å². The van der Waals surface area contributed by atoms with Gasteiger partial charge in [0, 0.05) is 119 Å². The van der Waals surface area contributed by atoms with Crippen LogP contribution >= 0.6 is 0 Å². The summed E-state index contributed by atoms with van der Waals surface area (Å²) in [6.07, 6.45) is 11.6. The predicted molar refractivity (Wildman–Crippen MR) is 457 cm³/mol. The molecule has 16 N–H and O–H groups in total. The molecular formula is C90H140N12O13. The lowest BCUT2D eigenvalue weighted by Crippen LogP contribution is -2.62. The minimum absolute atomic E-state index is 0.136. The van der Waals surface area contributed by atoms with Gasteiger partial charge in [0.2, 0.25) is 11.8 Å². The number of carbonyl (C=O) groups is 4. The number of allylic oxidation sites excluding steroid dienone is 6. The second-order valence-electron chi connectivity index (χ2n) is 35.3. The van der Waals surface area contributed by atoms with E-state index in [4.69, 9.17) is 36.7 Å². The van der Waals surface area contributed by atoms with Crippen LogP contribution in [0.5, 0.6) is 0 Å². The van der Waals surface area contributed by atoms with Crippen LogP contribution in [0.2, 0.25) is 0 Å². The number of rotatable bonds is 28. The SMILES string of the molecule is CN(C)CC(N)Cc1cccc(N)c1.CO.COC1=C(C)C=CCC1C1C=C(C(=O)O)C=C(N(C)C)C1.C[C@@H]1[C@@H](NC(=O)[C@H]2NO[C@@H](CO)[C@H]2[C@H](C)O)C[C@H]2C[C@@H]1C2(C)C.C[C@H](O)[C@@H]1[C@H](CO)ON(Cc2cccc(-c3cc(C(=O)N[C@@H](Cc4cccc(N)c4)CN(C)C)cc(N(C)C)c3)c2)[C@@H]1C(=O)NC[C@@H](C)[C@@H]1C[C@H](C)C1(C)C. The first kappa shape index (κ1) is 94.4. The van der Waals surface area contributed by atoms with E-state index in [-0.39, 0.29) is 72.9 Å². The maximum absolute atomic E-state index is 13.9. The number of nitrogens with zero attached hydrogens (tertiary/aromatic N) is 5. The number of hydrogen-bond acceptors (Lipinski definition) is 21. The minimum Gasteiger partial charge on any atom is -0.501 e. The molecule has 6 fully saturated rings. The minimum atomic E-state index is -0.880. The summed E-state index contributed by atoms with van der Waals surface area (Å²) in [6, 6.07) is 28.3. The predicted octanol–water partition coefficient (Wildman–Crippen LogP) is 8.52. The summed E-state index contributed by atoms with van der Waals surface area (Å²) in [7, 11) is 18.5. The van der Waals surface area contributed by atoms with Gasteiger partial charge in [0.15, 0.2) is 0 Å². The van der Waals surface area contributed by atoms with Gasteiger partial charge in [-0.25, -0.2) is 4.79 Å². The highest BCUT2D eigenvalue weighted by atomic mass is 16.7. The molecule has 2 bridgehead atoms. The number of aliphatic carboxylic acids is 1. The Hall–Kier alpha value is -7.76. The number of aliphatic hydroxyl groups excluding tert-OH is 5. The molecule has 3 amide bonds. The number of likely N-dealkylation sites (N-methyl/N-ethyl adjacent to an activating group) is 2. The Balaban J connectivity index is 0.000000248. The molecule has 4 saturated carbocycles. The highest BCUT2D eigenvalue weighted by Gasteiger charge is 2.57. The summed E-state index contributed by atoms with van der Waals surface area (Å²) in [5.74, 6) is 2.16. The molecule has 4 aromatic rings. The normalized spacial score (nSPS) is 26.9. The fraction of sp³-hybridized carbons (Fsp3) is 0.600. The van der Waals surface area contributed by atoms with Crippen molar-refractivity contribution in [1.29, 1.82) is 0 Å². The van der Waals surface area contributed by atoms with E-state index in [1.807, 2.05) is 158 Å². The molecule has 0 spiro atoms. The second-order valence-corrected chi connectivity index (χ2v) is 35.3. The second kappa shape index (κ2) is 42.6. The third-order valence-corrected chi connectivity index (χ3v) is 25.3. The molecular weight excluding hydrogens is 1460 g/mol. The fourth-order valence-electron chi connectivity index (χ4n) is 18.4. The number of benzene rings is 4. The van der Waals surface area contributed by atoms with Gasteiger partial charge in [0.05, 0.1) is 44.6 Å². The van der Waals surface area contributed by atoms with Crippen LogP contribution in [0.4, 0.5) is 17.1 Å². The van der Waals surface area contributed by atoms with Gasteiger partial charge in [0.1, 0.15) is 30.1 Å². The van der Waals surface area contributed by atoms with Gasteiger partial charge in [-0.15, -0.1) is 0 Å². The molecule has 3 unspecified atom stereocenters. The van der Waals surface area contributed by atoms with E-state index in [1.165, 1.54) is 12.0 Å². The highest BCUT2D eigenvalue weighted by Crippen LogP contribution is 2.61. The van der Waals surface area contributed by atoms with Crippen LogP contribution in [0.3, 0.4) is 0 Å².